The maximum Gasteiger partial charge on any atom is 0.238 e. The number of benzene rings is 4. The average molecular weight is 555 g/mol. The number of thioether (sulfide) groups is 1. The summed E-state index contributed by atoms with van der Waals surface area (Å²) in [6.45, 7) is 0.406. The van der Waals surface area contributed by atoms with E-state index >= 15 is 0 Å². The van der Waals surface area contributed by atoms with Crippen molar-refractivity contribution in [1.82, 2.24) is 0 Å². The lowest BCUT2D eigenvalue weighted by Gasteiger charge is -2.25. The molecule has 4 aromatic rings. The molecule has 0 aliphatic carbocycles. The molecule has 172 valence electrons. The Labute approximate surface area is 215 Å². The Hall–Kier alpha value is -2.67. The summed E-state index contributed by atoms with van der Waals surface area (Å²) in [5, 5.41) is 2.80. The average Bonchev–Trinajstić information content (AvgIpc) is 3.24. The Balaban J connectivity index is 1.44. The van der Waals surface area contributed by atoms with Crippen molar-refractivity contribution < 1.29 is 14.3 Å². The van der Waals surface area contributed by atoms with E-state index < -0.39 is 0 Å². The molecule has 7 heteroatoms. The van der Waals surface area contributed by atoms with Gasteiger partial charge in [0, 0.05) is 10.7 Å². The molecule has 0 radical (unpaired) electrons. The van der Waals surface area contributed by atoms with Crippen LogP contribution in [0.15, 0.2) is 83.3 Å². The molecule has 0 spiro atoms. The van der Waals surface area contributed by atoms with Crippen LogP contribution in [0.1, 0.15) is 16.5 Å². The number of amides is 1. The van der Waals surface area contributed by atoms with Crippen molar-refractivity contribution in [3.8, 4) is 11.5 Å². The predicted octanol–water partition coefficient (Wildman–Crippen LogP) is 7.62. The van der Waals surface area contributed by atoms with Gasteiger partial charge in [0.1, 0.15) is 12.0 Å². The topological polar surface area (TPSA) is 38.8 Å². The first-order chi connectivity index (χ1) is 16.5. The number of ether oxygens (including phenoxy) is 2. The van der Waals surface area contributed by atoms with Crippen LogP contribution in [0.5, 0.6) is 11.5 Å². The molecule has 0 saturated carbocycles. The third-order valence-corrected chi connectivity index (χ3v) is 7.81. The predicted molar refractivity (Wildman–Crippen MR) is 143 cm³/mol. The summed E-state index contributed by atoms with van der Waals surface area (Å²) < 4.78 is 12.7. The Bertz CT molecular complexity index is 1360. The first-order valence-corrected chi connectivity index (χ1v) is 12.9. The van der Waals surface area contributed by atoms with E-state index in [1.54, 1.807) is 35.9 Å². The zero-order valence-electron chi connectivity index (χ0n) is 18.3. The first kappa shape index (κ1) is 23.1. The lowest BCUT2D eigenvalue weighted by molar-refractivity contribution is -0.115. The Kier molecular flexibility index (Phi) is 6.73. The van der Waals surface area contributed by atoms with Gasteiger partial charge in [-0.3, -0.25) is 9.69 Å². The van der Waals surface area contributed by atoms with E-state index in [4.69, 9.17) is 21.1 Å². The highest BCUT2D eigenvalue weighted by molar-refractivity contribution is 9.10. The molecule has 5 rings (SSSR count). The fraction of sp³-hybridized carbons (Fsp3) is 0.148. The van der Waals surface area contributed by atoms with Gasteiger partial charge in [-0.15, -0.1) is 11.8 Å². The smallest absolute Gasteiger partial charge is 0.238 e. The molecule has 1 saturated heterocycles. The second-order valence-electron chi connectivity index (χ2n) is 7.86. The van der Waals surface area contributed by atoms with Crippen molar-refractivity contribution in [2.24, 2.45) is 0 Å². The molecule has 4 nitrogen and oxygen atoms in total. The fourth-order valence-corrected chi connectivity index (χ4v) is 6.00. The number of halogens is 2. The van der Waals surface area contributed by atoms with Gasteiger partial charge >= 0.3 is 0 Å². The number of hydrogen-bond acceptors (Lipinski definition) is 4. The van der Waals surface area contributed by atoms with Crippen LogP contribution in [0.4, 0.5) is 5.69 Å². The van der Waals surface area contributed by atoms with Crippen molar-refractivity contribution >= 4 is 61.7 Å². The molecule has 1 amide bonds. The van der Waals surface area contributed by atoms with Gasteiger partial charge in [-0.1, -0.05) is 54.1 Å². The Morgan fingerprint density at radius 2 is 1.82 bits per heavy atom. The van der Waals surface area contributed by atoms with Gasteiger partial charge in [0.05, 0.1) is 17.3 Å². The number of hydrogen-bond donors (Lipinski definition) is 0. The van der Waals surface area contributed by atoms with Crippen LogP contribution in [-0.4, -0.2) is 18.8 Å². The molecule has 0 unspecified atom stereocenters. The zero-order valence-corrected chi connectivity index (χ0v) is 21.5. The third kappa shape index (κ3) is 4.50. The van der Waals surface area contributed by atoms with E-state index in [1.165, 1.54) is 5.39 Å². The number of fused-ring (bicyclic) bond motifs is 1. The molecule has 0 bridgehead atoms. The monoisotopic (exact) mass is 553 g/mol. The van der Waals surface area contributed by atoms with E-state index in [2.05, 4.69) is 40.2 Å². The SMILES string of the molecule is COc1cc([C@@H]2SCC(=O)N2c2ccc(Cl)cc2)cc(Br)c1OCc1cccc2ccccc12. The highest BCUT2D eigenvalue weighted by Crippen LogP contribution is 2.46. The second-order valence-corrected chi connectivity index (χ2v) is 10.2. The largest absolute Gasteiger partial charge is 0.493 e. The van der Waals surface area contributed by atoms with Gasteiger partial charge in [0.2, 0.25) is 5.91 Å². The number of methoxy groups -OCH3 is 1. The van der Waals surface area contributed by atoms with Gasteiger partial charge in [0.25, 0.3) is 0 Å². The normalized spacial score (nSPS) is 15.7. The summed E-state index contributed by atoms with van der Waals surface area (Å²) in [6, 6.07) is 25.7. The summed E-state index contributed by atoms with van der Waals surface area (Å²) in [6.07, 6.45) is 0. The van der Waals surface area contributed by atoms with Crippen molar-refractivity contribution in [2.45, 2.75) is 12.0 Å². The quantitative estimate of drug-likeness (QED) is 0.246. The molecular formula is C27H21BrClNO3S. The number of carbonyl (C=O) groups excluding carboxylic acids is 1. The van der Waals surface area contributed by atoms with Gasteiger partial charge in [0.15, 0.2) is 11.5 Å². The minimum Gasteiger partial charge on any atom is -0.493 e. The molecule has 1 atom stereocenters. The van der Waals surface area contributed by atoms with Crippen LogP contribution in [0.25, 0.3) is 10.8 Å². The summed E-state index contributed by atoms with van der Waals surface area (Å²) in [5.74, 6) is 1.71. The molecule has 1 heterocycles. The zero-order chi connectivity index (χ0) is 23.7. The number of carbonyl (C=O) groups is 1. The molecule has 34 heavy (non-hydrogen) atoms. The standard InChI is InChI=1S/C27H21BrClNO3S/c1-32-24-14-19(27-30(25(31)16-34-27)21-11-9-20(29)10-12-21)13-23(28)26(24)33-15-18-7-4-6-17-5-2-3-8-22(17)18/h2-14,27H,15-16H2,1H3/t27-/m0/s1. The minimum absolute atomic E-state index is 0.0590. The van der Waals surface area contributed by atoms with Crippen molar-refractivity contribution in [3.63, 3.8) is 0 Å². The van der Waals surface area contributed by atoms with Crippen LogP contribution in [0.3, 0.4) is 0 Å². The molecule has 4 aromatic carbocycles. The highest BCUT2D eigenvalue weighted by atomic mass is 79.9. The van der Waals surface area contributed by atoms with Crippen molar-refractivity contribution in [1.29, 1.82) is 0 Å². The van der Waals surface area contributed by atoms with Crippen LogP contribution in [0.2, 0.25) is 5.02 Å². The van der Waals surface area contributed by atoms with Crippen LogP contribution >= 0.6 is 39.3 Å². The van der Waals surface area contributed by atoms with Gasteiger partial charge in [-0.25, -0.2) is 0 Å². The number of rotatable bonds is 6. The molecule has 0 N–H and O–H groups in total. The van der Waals surface area contributed by atoms with Gasteiger partial charge in [-0.05, 0) is 74.2 Å². The molecule has 1 aliphatic heterocycles. The first-order valence-electron chi connectivity index (χ1n) is 10.7. The van der Waals surface area contributed by atoms with Gasteiger partial charge in [-0.2, -0.15) is 0 Å². The summed E-state index contributed by atoms with van der Waals surface area (Å²) >= 11 is 11.3. The van der Waals surface area contributed by atoms with Gasteiger partial charge < -0.3 is 9.47 Å². The lowest BCUT2D eigenvalue weighted by Crippen LogP contribution is -2.27. The number of anilines is 1. The van der Waals surface area contributed by atoms with E-state index in [0.717, 1.165) is 26.7 Å². The van der Waals surface area contributed by atoms with E-state index in [9.17, 15) is 4.79 Å². The Morgan fingerprint density at radius 1 is 1.06 bits per heavy atom. The summed E-state index contributed by atoms with van der Waals surface area (Å²) in [7, 11) is 1.63. The summed E-state index contributed by atoms with van der Waals surface area (Å²) in [4.78, 5) is 14.5. The third-order valence-electron chi connectivity index (χ3n) is 5.76. The summed E-state index contributed by atoms with van der Waals surface area (Å²) in [5.41, 5.74) is 2.87. The van der Waals surface area contributed by atoms with Crippen LogP contribution in [-0.2, 0) is 11.4 Å². The van der Waals surface area contributed by atoms with Crippen molar-refractivity contribution in [3.05, 3.63) is 99.5 Å². The fourth-order valence-electron chi connectivity index (χ4n) is 4.14. The maximum atomic E-state index is 12.7. The van der Waals surface area contributed by atoms with E-state index in [1.807, 2.05) is 42.5 Å². The highest BCUT2D eigenvalue weighted by Gasteiger charge is 2.35. The van der Waals surface area contributed by atoms with E-state index in [-0.39, 0.29) is 11.3 Å². The molecule has 1 aliphatic rings. The lowest BCUT2D eigenvalue weighted by atomic mass is 10.1. The second kappa shape index (κ2) is 9.90. The number of nitrogens with zero attached hydrogens (tertiary/aromatic N) is 1. The molecule has 1 fully saturated rings. The van der Waals surface area contributed by atoms with E-state index in [0.29, 0.717) is 28.9 Å². The molecular weight excluding hydrogens is 534 g/mol. The Morgan fingerprint density at radius 3 is 2.62 bits per heavy atom. The van der Waals surface area contributed by atoms with Crippen LogP contribution < -0.4 is 14.4 Å². The minimum atomic E-state index is -0.175. The maximum absolute atomic E-state index is 12.7. The molecule has 0 aromatic heterocycles. The van der Waals surface area contributed by atoms with Crippen LogP contribution in [0, 0.1) is 0 Å². The van der Waals surface area contributed by atoms with Crippen molar-refractivity contribution in [2.75, 3.05) is 17.8 Å².